The number of esters is 1. The van der Waals surface area contributed by atoms with E-state index in [2.05, 4.69) is 5.32 Å². The van der Waals surface area contributed by atoms with Crippen LogP contribution in [0.15, 0.2) is 47.7 Å². The Morgan fingerprint density at radius 3 is 2.55 bits per heavy atom. The fourth-order valence-electron chi connectivity index (χ4n) is 3.50. The van der Waals surface area contributed by atoms with Crippen molar-refractivity contribution in [3.63, 3.8) is 0 Å². The summed E-state index contributed by atoms with van der Waals surface area (Å²) in [4.78, 5) is 26.8. The molecule has 31 heavy (non-hydrogen) atoms. The maximum Gasteiger partial charge on any atom is 0.338 e. The van der Waals surface area contributed by atoms with E-state index in [1.807, 2.05) is 32.0 Å². The van der Waals surface area contributed by atoms with Gasteiger partial charge in [-0.15, -0.1) is 0 Å². The molecule has 2 aromatic carbocycles. The van der Waals surface area contributed by atoms with Gasteiger partial charge in [0.2, 0.25) is 0 Å². The number of rotatable bonds is 6. The van der Waals surface area contributed by atoms with Crippen molar-refractivity contribution in [3.05, 3.63) is 76.0 Å². The molecule has 0 saturated carbocycles. The first-order valence-corrected chi connectivity index (χ1v) is 9.82. The van der Waals surface area contributed by atoms with Gasteiger partial charge in [0, 0.05) is 13.1 Å². The molecule has 0 aromatic heterocycles. The van der Waals surface area contributed by atoms with Crippen LogP contribution in [0, 0.1) is 25.5 Å². The molecule has 1 atom stereocenters. The molecule has 0 bridgehead atoms. The Labute approximate surface area is 179 Å². The number of ether oxygens (including phenoxy) is 2. The van der Waals surface area contributed by atoms with Gasteiger partial charge in [-0.1, -0.05) is 23.8 Å². The van der Waals surface area contributed by atoms with E-state index >= 15 is 0 Å². The number of halogens is 2. The highest BCUT2D eigenvalue weighted by atomic mass is 19.1. The highest BCUT2D eigenvalue weighted by Crippen LogP contribution is 2.33. The van der Waals surface area contributed by atoms with Gasteiger partial charge >= 0.3 is 12.0 Å². The van der Waals surface area contributed by atoms with Crippen LogP contribution in [0.4, 0.5) is 13.6 Å². The van der Waals surface area contributed by atoms with E-state index < -0.39 is 29.7 Å². The van der Waals surface area contributed by atoms with E-state index in [1.165, 1.54) is 11.9 Å². The van der Waals surface area contributed by atoms with Crippen LogP contribution in [0.2, 0.25) is 0 Å². The molecule has 0 unspecified atom stereocenters. The number of urea groups is 1. The first-order valence-electron chi connectivity index (χ1n) is 9.82. The maximum atomic E-state index is 14.0. The van der Waals surface area contributed by atoms with Gasteiger partial charge in [-0.05, 0) is 44.0 Å². The zero-order valence-corrected chi connectivity index (χ0v) is 17.8. The lowest BCUT2D eigenvalue weighted by Gasteiger charge is -2.35. The maximum absolute atomic E-state index is 14.0. The SMILES string of the molecule is CCOC(=O)C1=C(COc2ccc(F)cc2F)N(C)C(=O)N[C@@H]1c1ccc(C)cc1C. The predicted octanol–water partition coefficient (Wildman–Crippen LogP) is 4.17. The monoisotopic (exact) mass is 430 g/mol. The van der Waals surface area contributed by atoms with Gasteiger partial charge in [0.1, 0.15) is 12.4 Å². The van der Waals surface area contributed by atoms with Gasteiger partial charge in [0.25, 0.3) is 0 Å². The van der Waals surface area contributed by atoms with Crippen LogP contribution in [0.3, 0.4) is 0 Å². The smallest absolute Gasteiger partial charge is 0.338 e. The number of amides is 2. The normalized spacial score (nSPS) is 16.3. The summed E-state index contributed by atoms with van der Waals surface area (Å²) in [5, 5.41) is 2.83. The average molecular weight is 430 g/mol. The Balaban J connectivity index is 2.07. The summed E-state index contributed by atoms with van der Waals surface area (Å²) in [6.45, 7) is 5.37. The van der Waals surface area contributed by atoms with E-state index in [0.717, 1.165) is 28.8 Å². The Morgan fingerprint density at radius 1 is 1.16 bits per heavy atom. The van der Waals surface area contributed by atoms with Crippen LogP contribution in [-0.2, 0) is 9.53 Å². The number of benzene rings is 2. The lowest BCUT2D eigenvalue weighted by Crippen LogP contribution is -2.48. The Bertz CT molecular complexity index is 1050. The zero-order chi connectivity index (χ0) is 22.7. The van der Waals surface area contributed by atoms with E-state index in [9.17, 15) is 18.4 Å². The number of likely N-dealkylation sites (N-methyl/N-ethyl adjacent to an activating group) is 1. The number of carbonyl (C=O) groups excluding carboxylic acids is 2. The summed E-state index contributed by atoms with van der Waals surface area (Å²) in [5.41, 5.74) is 3.09. The van der Waals surface area contributed by atoms with Crippen molar-refractivity contribution in [2.45, 2.75) is 26.8 Å². The van der Waals surface area contributed by atoms with Crippen molar-refractivity contribution in [2.75, 3.05) is 20.3 Å². The third-order valence-corrected chi connectivity index (χ3v) is 5.07. The first-order chi connectivity index (χ1) is 14.7. The summed E-state index contributed by atoms with van der Waals surface area (Å²) >= 11 is 0. The molecule has 0 spiro atoms. The lowest BCUT2D eigenvalue weighted by molar-refractivity contribution is -0.139. The minimum Gasteiger partial charge on any atom is -0.484 e. The van der Waals surface area contributed by atoms with Crippen molar-refractivity contribution < 1.29 is 27.8 Å². The van der Waals surface area contributed by atoms with Crippen LogP contribution >= 0.6 is 0 Å². The second-order valence-electron chi connectivity index (χ2n) is 7.25. The summed E-state index contributed by atoms with van der Waals surface area (Å²) in [5.74, 6) is -2.43. The molecule has 1 aliphatic rings. The molecule has 2 amide bonds. The van der Waals surface area contributed by atoms with E-state index in [-0.39, 0.29) is 30.2 Å². The summed E-state index contributed by atoms with van der Waals surface area (Å²) in [6.07, 6.45) is 0. The van der Waals surface area contributed by atoms with Crippen LogP contribution in [0.1, 0.15) is 29.7 Å². The molecule has 1 N–H and O–H groups in total. The van der Waals surface area contributed by atoms with Gasteiger partial charge in [0.15, 0.2) is 11.6 Å². The predicted molar refractivity (Wildman–Crippen MR) is 110 cm³/mol. The van der Waals surface area contributed by atoms with Gasteiger partial charge in [-0.25, -0.2) is 18.4 Å². The number of carbonyl (C=O) groups is 2. The highest BCUT2D eigenvalue weighted by Gasteiger charge is 2.37. The number of hydrogen-bond donors (Lipinski definition) is 1. The van der Waals surface area contributed by atoms with Crippen molar-refractivity contribution >= 4 is 12.0 Å². The summed E-state index contributed by atoms with van der Waals surface area (Å²) < 4.78 is 38.0. The minimum absolute atomic E-state index is 0.139. The molecular formula is C23H24F2N2O4. The standard InChI is InChI=1S/C23H24F2N2O4/c1-5-30-22(28)20-18(12-31-19-9-7-15(24)11-17(19)25)27(4)23(29)26-21(20)16-8-6-13(2)10-14(16)3/h6-11,21H,5,12H2,1-4H3,(H,26,29)/t21-/m1/s1. The van der Waals surface area contributed by atoms with Crippen molar-refractivity contribution in [3.8, 4) is 5.75 Å². The van der Waals surface area contributed by atoms with Crippen LogP contribution in [-0.4, -0.2) is 37.2 Å². The van der Waals surface area contributed by atoms with Gasteiger partial charge in [0.05, 0.1) is 23.9 Å². The second-order valence-corrected chi connectivity index (χ2v) is 7.25. The van der Waals surface area contributed by atoms with Crippen molar-refractivity contribution in [2.24, 2.45) is 0 Å². The zero-order valence-electron chi connectivity index (χ0n) is 17.8. The quantitative estimate of drug-likeness (QED) is 0.699. The molecule has 3 rings (SSSR count). The van der Waals surface area contributed by atoms with E-state index in [1.54, 1.807) is 6.92 Å². The molecule has 164 valence electrons. The van der Waals surface area contributed by atoms with Gasteiger partial charge < -0.3 is 14.8 Å². The molecule has 1 aliphatic heterocycles. The van der Waals surface area contributed by atoms with Crippen LogP contribution < -0.4 is 10.1 Å². The summed E-state index contributed by atoms with van der Waals surface area (Å²) in [7, 11) is 1.48. The lowest BCUT2D eigenvalue weighted by atomic mass is 9.91. The van der Waals surface area contributed by atoms with E-state index in [4.69, 9.17) is 9.47 Å². The molecule has 2 aromatic rings. The molecule has 0 saturated heterocycles. The molecule has 8 heteroatoms. The molecule has 0 fully saturated rings. The fourth-order valence-corrected chi connectivity index (χ4v) is 3.50. The third kappa shape index (κ3) is 4.68. The van der Waals surface area contributed by atoms with Crippen molar-refractivity contribution in [1.82, 2.24) is 10.2 Å². The van der Waals surface area contributed by atoms with Gasteiger partial charge in [-0.3, -0.25) is 4.90 Å². The van der Waals surface area contributed by atoms with E-state index in [0.29, 0.717) is 6.07 Å². The Morgan fingerprint density at radius 2 is 1.90 bits per heavy atom. The number of nitrogens with zero attached hydrogens (tertiary/aromatic N) is 1. The topological polar surface area (TPSA) is 67.9 Å². The van der Waals surface area contributed by atoms with Crippen molar-refractivity contribution in [1.29, 1.82) is 0 Å². The van der Waals surface area contributed by atoms with Crippen LogP contribution in [0.25, 0.3) is 0 Å². The number of hydrogen-bond acceptors (Lipinski definition) is 4. The molecular weight excluding hydrogens is 406 g/mol. The Kier molecular flexibility index (Phi) is 6.58. The minimum atomic E-state index is -0.882. The average Bonchev–Trinajstić information content (AvgIpc) is 2.70. The Hall–Kier alpha value is -3.42. The molecule has 1 heterocycles. The molecule has 0 radical (unpaired) electrons. The first kappa shape index (κ1) is 22.3. The third-order valence-electron chi connectivity index (χ3n) is 5.07. The summed E-state index contributed by atoms with van der Waals surface area (Å²) in [6, 6.07) is 7.39. The van der Waals surface area contributed by atoms with Crippen LogP contribution in [0.5, 0.6) is 5.75 Å². The molecule has 0 aliphatic carbocycles. The number of aryl methyl sites for hydroxylation is 2. The highest BCUT2D eigenvalue weighted by molar-refractivity contribution is 5.95. The molecule has 6 nitrogen and oxygen atoms in total. The largest absolute Gasteiger partial charge is 0.484 e. The second kappa shape index (κ2) is 9.16. The number of nitrogens with one attached hydrogen (secondary N) is 1. The fraction of sp³-hybridized carbons (Fsp3) is 0.304. The van der Waals surface area contributed by atoms with Gasteiger partial charge in [-0.2, -0.15) is 0 Å².